The lowest BCUT2D eigenvalue weighted by Gasteiger charge is -1.91. The molecule has 0 radical (unpaired) electrons. The van der Waals surface area contributed by atoms with Gasteiger partial charge in [0.2, 0.25) is 5.78 Å². The Labute approximate surface area is 115 Å². The zero-order valence-corrected chi connectivity index (χ0v) is 12.4. The third-order valence-corrected chi connectivity index (χ3v) is 5.80. The number of halogens is 2. The molecule has 0 atom stereocenters. The number of carbonyl (C=O) groups excluding carboxylic acids is 1. The molecule has 0 aliphatic rings. The van der Waals surface area contributed by atoms with Crippen LogP contribution in [0, 0.1) is 0 Å². The lowest BCUT2D eigenvalue weighted by atomic mass is 10.2. The normalized spacial score (nSPS) is 10.7. The van der Waals surface area contributed by atoms with Crippen molar-refractivity contribution in [2.75, 3.05) is 0 Å². The highest BCUT2D eigenvalue weighted by atomic mass is 79.9. The lowest BCUT2D eigenvalue weighted by molar-refractivity contribution is 0.104. The summed E-state index contributed by atoms with van der Waals surface area (Å²) in [7, 11) is 0. The van der Waals surface area contributed by atoms with Gasteiger partial charge in [-0.3, -0.25) is 4.79 Å². The van der Waals surface area contributed by atoms with E-state index in [1.165, 1.54) is 16.2 Å². The molecule has 0 N–H and O–H groups in total. The van der Waals surface area contributed by atoms with Crippen molar-refractivity contribution in [2.45, 2.75) is 13.3 Å². The number of hydrogen-bond acceptors (Lipinski definition) is 3. The third-order valence-electron chi connectivity index (χ3n) is 2.10. The fraction of sp³-hybridized carbons (Fsp3) is 0.182. The Kier molecular flexibility index (Phi) is 3.85. The van der Waals surface area contributed by atoms with E-state index in [0.29, 0.717) is 9.90 Å². The molecule has 0 spiro atoms. The van der Waals surface area contributed by atoms with Crippen molar-refractivity contribution < 1.29 is 4.79 Å². The molecule has 0 fully saturated rings. The van der Waals surface area contributed by atoms with Crippen LogP contribution in [0.15, 0.2) is 22.0 Å². The van der Waals surface area contributed by atoms with Gasteiger partial charge in [0.25, 0.3) is 0 Å². The predicted molar refractivity (Wildman–Crippen MR) is 74.2 cm³/mol. The molecule has 0 aliphatic heterocycles. The van der Waals surface area contributed by atoms with Crippen LogP contribution in [0.2, 0.25) is 5.02 Å². The molecule has 0 saturated carbocycles. The van der Waals surface area contributed by atoms with E-state index in [1.807, 2.05) is 12.1 Å². The summed E-state index contributed by atoms with van der Waals surface area (Å²) in [5.41, 5.74) is 0. The van der Waals surface area contributed by atoms with E-state index < -0.39 is 0 Å². The van der Waals surface area contributed by atoms with Gasteiger partial charge in [-0.2, -0.15) is 0 Å². The summed E-state index contributed by atoms with van der Waals surface area (Å²) in [5.74, 6) is 0.0577. The van der Waals surface area contributed by atoms with Crippen LogP contribution in [0.1, 0.15) is 26.3 Å². The average molecular weight is 336 g/mol. The summed E-state index contributed by atoms with van der Waals surface area (Å²) < 4.78 is 0.810. The fourth-order valence-electron chi connectivity index (χ4n) is 1.27. The number of hydrogen-bond donors (Lipinski definition) is 0. The Balaban J connectivity index is 2.31. The quantitative estimate of drug-likeness (QED) is 0.720. The molecule has 0 saturated heterocycles. The van der Waals surface area contributed by atoms with Crippen LogP contribution in [-0.4, -0.2) is 5.78 Å². The zero-order chi connectivity index (χ0) is 11.7. The third kappa shape index (κ3) is 2.40. The van der Waals surface area contributed by atoms with Crippen molar-refractivity contribution in [1.82, 2.24) is 0 Å². The Bertz CT molecular complexity index is 510. The monoisotopic (exact) mass is 334 g/mol. The van der Waals surface area contributed by atoms with Gasteiger partial charge in [-0.1, -0.05) is 18.5 Å². The minimum atomic E-state index is 0.0577. The maximum Gasteiger partial charge on any atom is 0.212 e. The van der Waals surface area contributed by atoms with Crippen LogP contribution in [0.5, 0.6) is 0 Å². The maximum absolute atomic E-state index is 12.1. The highest BCUT2D eigenvalue weighted by Gasteiger charge is 2.15. The molecule has 5 heteroatoms. The van der Waals surface area contributed by atoms with Crippen molar-refractivity contribution in [1.29, 1.82) is 0 Å². The van der Waals surface area contributed by atoms with Gasteiger partial charge in [0.05, 0.1) is 18.6 Å². The Hall–Kier alpha value is -0.160. The van der Waals surface area contributed by atoms with E-state index in [4.69, 9.17) is 11.6 Å². The van der Waals surface area contributed by atoms with Crippen molar-refractivity contribution in [2.24, 2.45) is 0 Å². The number of thiophene rings is 2. The summed E-state index contributed by atoms with van der Waals surface area (Å²) in [6.45, 7) is 2.08. The molecule has 2 aromatic rings. The Morgan fingerprint density at radius 3 is 2.62 bits per heavy atom. The smallest absolute Gasteiger partial charge is 0.212 e. The second-order valence-corrected chi connectivity index (χ2v) is 7.13. The van der Waals surface area contributed by atoms with Crippen molar-refractivity contribution in [3.8, 4) is 0 Å². The molecule has 2 heterocycles. The predicted octanol–water partition coefficient (Wildman–Crippen LogP) is 5.02. The van der Waals surface area contributed by atoms with Crippen LogP contribution in [-0.2, 0) is 6.42 Å². The van der Waals surface area contributed by atoms with Crippen molar-refractivity contribution >= 4 is 56.0 Å². The van der Waals surface area contributed by atoms with Gasteiger partial charge >= 0.3 is 0 Å². The molecule has 0 aromatic carbocycles. The summed E-state index contributed by atoms with van der Waals surface area (Å²) >= 11 is 12.1. The lowest BCUT2D eigenvalue weighted by Crippen LogP contribution is -1.93. The van der Waals surface area contributed by atoms with Crippen LogP contribution in [0.3, 0.4) is 0 Å². The van der Waals surface area contributed by atoms with E-state index in [2.05, 4.69) is 22.9 Å². The van der Waals surface area contributed by atoms with E-state index in [1.54, 1.807) is 17.4 Å². The van der Waals surface area contributed by atoms with Crippen LogP contribution in [0.25, 0.3) is 0 Å². The number of ketones is 1. The van der Waals surface area contributed by atoms with E-state index >= 15 is 0 Å². The molecule has 0 amide bonds. The first kappa shape index (κ1) is 12.3. The van der Waals surface area contributed by atoms with Crippen molar-refractivity contribution in [3.63, 3.8) is 0 Å². The van der Waals surface area contributed by atoms with Gasteiger partial charge in [-0.05, 0) is 40.5 Å². The Morgan fingerprint density at radius 1 is 1.38 bits per heavy atom. The summed E-state index contributed by atoms with van der Waals surface area (Å²) in [5, 5.41) is 0.598. The number of rotatable bonds is 3. The van der Waals surface area contributed by atoms with Gasteiger partial charge in [0.15, 0.2) is 0 Å². The minimum absolute atomic E-state index is 0.0577. The maximum atomic E-state index is 12.1. The largest absolute Gasteiger partial charge is 0.287 e. The van der Waals surface area contributed by atoms with Gasteiger partial charge < -0.3 is 0 Å². The summed E-state index contributed by atoms with van der Waals surface area (Å²) in [4.78, 5) is 14.8. The molecular formula is C11H8BrClOS2. The van der Waals surface area contributed by atoms with Crippen LogP contribution < -0.4 is 0 Å². The van der Waals surface area contributed by atoms with Gasteiger partial charge in [0.1, 0.15) is 0 Å². The zero-order valence-electron chi connectivity index (χ0n) is 8.42. The molecule has 2 rings (SSSR count). The fourth-order valence-corrected chi connectivity index (χ4v) is 3.89. The molecule has 2 aromatic heterocycles. The molecule has 0 bridgehead atoms. The standard InChI is InChI=1S/C11H8BrClOS2/c1-2-6-3-4-8(15-6)10(14)9-5-7(13)11(12)16-9/h3-5H,2H2,1H3. The average Bonchev–Trinajstić information content (AvgIpc) is 2.86. The minimum Gasteiger partial charge on any atom is -0.287 e. The summed E-state index contributed by atoms with van der Waals surface area (Å²) in [6.07, 6.45) is 0.965. The molecule has 0 unspecified atom stereocenters. The van der Waals surface area contributed by atoms with Gasteiger partial charge in [0, 0.05) is 4.88 Å². The van der Waals surface area contributed by atoms with Crippen LogP contribution in [0.4, 0.5) is 0 Å². The number of aryl methyl sites for hydroxylation is 1. The van der Waals surface area contributed by atoms with Gasteiger partial charge in [-0.15, -0.1) is 22.7 Å². The molecule has 0 aliphatic carbocycles. The Morgan fingerprint density at radius 2 is 2.12 bits per heavy atom. The topological polar surface area (TPSA) is 17.1 Å². The van der Waals surface area contributed by atoms with E-state index in [-0.39, 0.29) is 5.78 Å². The summed E-state index contributed by atoms with van der Waals surface area (Å²) in [6, 6.07) is 5.60. The molecule has 16 heavy (non-hydrogen) atoms. The second-order valence-electron chi connectivity index (χ2n) is 3.18. The van der Waals surface area contributed by atoms with Crippen LogP contribution >= 0.6 is 50.2 Å². The first-order valence-electron chi connectivity index (χ1n) is 4.70. The highest BCUT2D eigenvalue weighted by Crippen LogP contribution is 2.34. The van der Waals surface area contributed by atoms with Crippen molar-refractivity contribution in [3.05, 3.63) is 41.6 Å². The molecule has 1 nitrogen and oxygen atoms in total. The van der Waals surface area contributed by atoms with Gasteiger partial charge in [-0.25, -0.2) is 0 Å². The first-order chi connectivity index (χ1) is 7.61. The second kappa shape index (κ2) is 5.00. The number of carbonyl (C=O) groups is 1. The molecular weight excluding hydrogens is 328 g/mol. The highest BCUT2D eigenvalue weighted by molar-refractivity contribution is 9.11. The first-order valence-corrected chi connectivity index (χ1v) is 7.50. The van der Waals surface area contributed by atoms with E-state index in [0.717, 1.165) is 15.1 Å². The molecule has 84 valence electrons. The SMILES string of the molecule is CCc1ccc(C(=O)c2cc(Cl)c(Br)s2)s1. The van der Waals surface area contributed by atoms with E-state index in [9.17, 15) is 4.79 Å².